The van der Waals surface area contributed by atoms with Crippen molar-refractivity contribution in [2.45, 2.75) is 19.4 Å². The number of phenolic OH excluding ortho intramolecular Hbond substituents is 2. The molecular formula is C9H13NO2. The van der Waals surface area contributed by atoms with Gasteiger partial charge in [0.1, 0.15) is 0 Å². The molecule has 3 nitrogen and oxygen atoms in total. The SMILES string of the molecule is C[C@H](N)Cc1ccc(O)c(O)c1. The van der Waals surface area contributed by atoms with E-state index in [2.05, 4.69) is 0 Å². The number of hydrogen-bond acceptors (Lipinski definition) is 3. The van der Waals surface area contributed by atoms with E-state index in [9.17, 15) is 0 Å². The standard InChI is InChI=1S/C9H13NO2/c1-6(10)4-7-2-3-8(11)9(12)5-7/h2-3,5-6,11-12H,4,10H2,1H3/t6-/m0/s1. The molecule has 0 saturated heterocycles. The third-order valence-corrected chi connectivity index (χ3v) is 1.60. The van der Waals surface area contributed by atoms with Gasteiger partial charge in [0.05, 0.1) is 0 Å². The van der Waals surface area contributed by atoms with Crippen LogP contribution in [-0.2, 0) is 6.42 Å². The number of rotatable bonds is 2. The number of aromatic hydroxyl groups is 2. The monoisotopic (exact) mass is 167 g/mol. The van der Waals surface area contributed by atoms with Gasteiger partial charge in [-0.2, -0.15) is 0 Å². The Morgan fingerprint density at radius 3 is 2.50 bits per heavy atom. The summed E-state index contributed by atoms with van der Waals surface area (Å²) in [6.07, 6.45) is 0.702. The Bertz CT molecular complexity index is 271. The maximum absolute atomic E-state index is 9.12. The van der Waals surface area contributed by atoms with Gasteiger partial charge in [0, 0.05) is 6.04 Å². The minimum atomic E-state index is -0.0941. The Morgan fingerprint density at radius 2 is 2.00 bits per heavy atom. The van der Waals surface area contributed by atoms with Crippen molar-refractivity contribution >= 4 is 0 Å². The zero-order chi connectivity index (χ0) is 9.14. The lowest BCUT2D eigenvalue weighted by Gasteiger charge is -2.05. The molecular weight excluding hydrogens is 154 g/mol. The first-order valence-electron chi connectivity index (χ1n) is 3.86. The molecule has 0 aliphatic rings. The lowest BCUT2D eigenvalue weighted by molar-refractivity contribution is 0.403. The molecule has 0 aliphatic carbocycles. The molecule has 0 fully saturated rings. The molecule has 1 rings (SSSR count). The lowest BCUT2D eigenvalue weighted by atomic mass is 10.1. The highest BCUT2D eigenvalue weighted by Crippen LogP contribution is 2.25. The summed E-state index contributed by atoms with van der Waals surface area (Å²) >= 11 is 0. The number of nitrogens with two attached hydrogens (primary N) is 1. The summed E-state index contributed by atoms with van der Waals surface area (Å²) in [5, 5.41) is 18.1. The highest BCUT2D eigenvalue weighted by molar-refractivity contribution is 5.40. The second-order valence-corrected chi connectivity index (χ2v) is 3.00. The van der Waals surface area contributed by atoms with Crippen LogP contribution in [0.3, 0.4) is 0 Å². The van der Waals surface area contributed by atoms with E-state index >= 15 is 0 Å². The van der Waals surface area contributed by atoms with Crippen LogP contribution in [0.25, 0.3) is 0 Å². The summed E-state index contributed by atoms with van der Waals surface area (Å²) in [6, 6.07) is 4.80. The van der Waals surface area contributed by atoms with Crippen LogP contribution < -0.4 is 5.73 Å². The molecule has 0 amide bonds. The van der Waals surface area contributed by atoms with Gasteiger partial charge in [0.15, 0.2) is 11.5 Å². The van der Waals surface area contributed by atoms with E-state index in [-0.39, 0.29) is 17.5 Å². The van der Waals surface area contributed by atoms with Crippen LogP contribution >= 0.6 is 0 Å². The first kappa shape index (κ1) is 8.87. The van der Waals surface area contributed by atoms with Crippen LogP contribution in [0, 0.1) is 0 Å². The lowest BCUT2D eigenvalue weighted by Crippen LogP contribution is -2.17. The van der Waals surface area contributed by atoms with E-state index in [0.29, 0.717) is 6.42 Å². The first-order valence-corrected chi connectivity index (χ1v) is 3.86. The van der Waals surface area contributed by atoms with Crippen molar-refractivity contribution < 1.29 is 10.2 Å². The molecule has 1 aromatic rings. The topological polar surface area (TPSA) is 66.5 Å². The summed E-state index contributed by atoms with van der Waals surface area (Å²) in [5.41, 5.74) is 6.50. The minimum Gasteiger partial charge on any atom is -0.504 e. The van der Waals surface area contributed by atoms with Gasteiger partial charge in [-0.25, -0.2) is 0 Å². The Morgan fingerprint density at radius 1 is 1.33 bits per heavy atom. The Balaban J connectivity index is 2.82. The second-order valence-electron chi connectivity index (χ2n) is 3.00. The van der Waals surface area contributed by atoms with Crippen molar-refractivity contribution in [1.29, 1.82) is 0 Å². The Labute approximate surface area is 71.5 Å². The normalized spacial score (nSPS) is 12.8. The van der Waals surface area contributed by atoms with Gasteiger partial charge in [-0.1, -0.05) is 6.07 Å². The van der Waals surface area contributed by atoms with Crippen LogP contribution in [0.2, 0.25) is 0 Å². The molecule has 66 valence electrons. The molecule has 0 aliphatic heterocycles. The number of hydrogen-bond donors (Lipinski definition) is 3. The van der Waals surface area contributed by atoms with Crippen molar-refractivity contribution in [3.05, 3.63) is 23.8 Å². The summed E-state index contributed by atoms with van der Waals surface area (Å²) in [7, 11) is 0. The smallest absolute Gasteiger partial charge is 0.157 e. The van der Waals surface area contributed by atoms with Gasteiger partial charge < -0.3 is 15.9 Å². The Hall–Kier alpha value is -1.22. The molecule has 1 aromatic carbocycles. The second kappa shape index (κ2) is 3.45. The maximum atomic E-state index is 9.12. The zero-order valence-corrected chi connectivity index (χ0v) is 6.99. The van der Waals surface area contributed by atoms with E-state index in [1.807, 2.05) is 6.92 Å². The summed E-state index contributed by atoms with van der Waals surface area (Å²) < 4.78 is 0. The molecule has 0 heterocycles. The average molecular weight is 167 g/mol. The molecule has 0 radical (unpaired) electrons. The molecule has 0 spiro atoms. The fourth-order valence-corrected chi connectivity index (χ4v) is 1.07. The number of benzene rings is 1. The average Bonchev–Trinajstić information content (AvgIpc) is 1.96. The predicted octanol–water partition coefficient (Wildman–Crippen LogP) is 0.987. The van der Waals surface area contributed by atoms with Crippen LogP contribution in [-0.4, -0.2) is 16.3 Å². The molecule has 0 aromatic heterocycles. The van der Waals surface area contributed by atoms with E-state index < -0.39 is 0 Å². The molecule has 12 heavy (non-hydrogen) atoms. The molecule has 0 saturated carbocycles. The zero-order valence-electron chi connectivity index (χ0n) is 6.99. The largest absolute Gasteiger partial charge is 0.504 e. The van der Waals surface area contributed by atoms with Gasteiger partial charge in [0.2, 0.25) is 0 Å². The molecule has 0 unspecified atom stereocenters. The third-order valence-electron chi connectivity index (χ3n) is 1.60. The minimum absolute atomic E-state index is 0.0638. The van der Waals surface area contributed by atoms with Crippen molar-refractivity contribution in [2.75, 3.05) is 0 Å². The molecule has 0 bridgehead atoms. The maximum Gasteiger partial charge on any atom is 0.157 e. The van der Waals surface area contributed by atoms with Crippen LogP contribution in [0.1, 0.15) is 12.5 Å². The van der Waals surface area contributed by atoms with Gasteiger partial charge >= 0.3 is 0 Å². The predicted molar refractivity (Wildman–Crippen MR) is 47.1 cm³/mol. The van der Waals surface area contributed by atoms with Crippen LogP contribution in [0.5, 0.6) is 11.5 Å². The van der Waals surface area contributed by atoms with Gasteiger partial charge in [-0.05, 0) is 31.0 Å². The Kier molecular flexibility index (Phi) is 2.55. The highest BCUT2D eigenvalue weighted by Gasteiger charge is 2.02. The van der Waals surface area contributed by atoms with Crippen molar-refractivity contribution in [2.24, 2.45) is 5.73 Å². The van der Waals surface area contributed by atoms with E-state index in [1.54, 1.807) is 6.07 Å². The first-order chi connectivity index (χ1) is 5.59. The van der Waals surface area contributed by atoms with Crippen molar-refractivity contribution in [1.82, 2.24) is 0 Å². The van der Waals surface area contributed by atoms with Crippen LogP contribution in [0.15, 0.2) is 18.2 Å². The van der Waals surface area contributed by atoms with Crippen LogP contribution in [0.4, 0.5) is 0 Å². The number of phenols is 2. The molecule has 1 atom stereocenters. The summed E-state index contributed by atoms with van der Waals surface area (Å²) in [4.78, 5) is 0. The fraction of sp³-hybridized carbons (Fsp3) is 0.333. The summed E-state index contributed by atoms with van der Waals surface area (Å²) in [6.45, 7) is 1.89. The van der Waals surface area contributed by atoms with Gasteiger partial charge in [-0.15, -0.1) is 0 Å². The fourth-order valence-electron chi connectivity index (χ4n) is 1.07. The van der Waals surface area contributed by atoms with Crippen molar-refractivity contribution in [3.8, 4) is 11.5 Å². The molecule has 3 heteroatoms. The quantitative estimate of drug-likeness (QED) is 0.575. The highest BCUT2D eigenvalue weighted by atomic mass is 16.3. The van der Waals surface area contributed by atoms with E-state index in [1.165, 1.54) is 12.1 Å². The summed E-state index contributed by atoms with van der Waals surface area (Å²) in [5.74, 6) is -0.184. The van der Waals surface area contributed by atoms with Gasteiger partial charge in [-0.3, -0.25) is 0 Å². The van der Waals surface area contributed by atoms with E-state index in [4.69, 9.17) is 15.9 Å². The van der Waals surface area contributed by atoms with Crippen molar-refractivity contribution in [3.63, 3.8) is 0 Å². The third kappa shape index (κ3) is 2.13. The molecule has 4 N–H and O–H groups in total. The van der Waals surface area contributed by atoms with E-state index in [0.717, 1.165) is 5.56 Å². The van der Waals surface area contributed by atoms with Gasteiger partial charge in [0.25, 0.3) is 0 Å².